The van der Waals surface area contributed by atoms with Crippen molar-refractivity contribution in [3.05, 3.63) is 78.2 Å². The smallest absolute Gasteiger partial charge is 0.326 e. The lowest BCUT2D eigenvalue weighted by Gasteiger charge is -2.22. The summed E-state index contributed by atoms with van der Waals surface area (Å²) in [5, 5.41) is 13.8. The van der Waals surface area contributed by atoms with Gasteiger partial charge in [-0.05, 0) is 62.1 Å². The number of nitrogens with one attached hydrogen (secondary N) is 1. The molecule has 2 aromatic carbocycles. The molecule has 6 rings (SSSR count). The summed E-state index contributed by atoms with van der Waals surface area (Å²) in [6.07, 6.45) is 2.27. The summed E-state index contributed by atoms with van der Waals surface area (Å²) in [7, 11) is 0. The zero-order chi connectivity index (χ0) is 27.1. The second-order valence-electron chi connectivity index (χ2n) is 9.98. The fourth-order valence-electron chi connectivity index (χ4n) is 5.39. The van der Waals surface area contributed by atoms with Crippen molar-refractivity contribution < 1.29 is 19.1 Å². The predicted octanol–water partition coefficient (Wildman–Crippen LogP) is 5.36. The van der Waals surface area contributed by atoms with Crippen LogP contribution < -0.4 is 10.2 Å². The van der Waals surface area contributed by atoms with Gasteiger partial charge in [-0.1, -0.05) is 30.3 Å². The quantitative estimate of drug-likeness (QED) is 0.306. The Bertz CT molecular complexity index is 1710. The Balaban J connectivity index is 1.20. The monoisotopic (exact) mass is 521 g/mol. The SMILES string of the molecule is Cc1nc(N2C[C@@H](CC(=O)Nc3ccc(-c4ncccc4C)cc3)C[C@H]2C(=O)O)c2oc3ccccc3c2n1. The molecular weight excluding hydrogens is 494 g/mol. The Morgan fingerprint density at radius 1 is 1.05 bits per heavy atom. The predicted molar refractivity (Wildman–Crippen MR) is 149 cm³/mol. The molecule has 0 unspecified atom stereocenters. The molecule has 0 bridgehead atoms. The first-order valence-corrected chi connectivity index (χ1v) is 12.8. The van der Waals surface area contributed by atoms with Gasteiger partial charge in [0.15, 0.2) is 11.4 Å². The van der Waals surface area contributed by atoms with E-state index in [9.17, 15) is 14.7 Å². The molecule has 39 heavy (non-hydrogen) atoms. The highest BCUT2D eigenvalue weighted by atomic mass is 16.4. The van der Waals surface area contributed by atoms with Gasteiger partial charge in [-0.15, -0.1) is 0 Å². The summed E-state index contributed by atoms with van der Waals surface area (Å²) >= 11 is 0. The van der Waals surface area contributed by atoms with Crippen molar-refractivity contribution in [1.82, 2.24) is 15.0 Å². The number of carboxylic acids is 1. The van der Waals surface area contributed by atoms with Crippen LogP contribution in [0.4, 0.5) is 11.5 Å². The van der Waals surface area contributed by atoms with E-state index in [0.29, 0.717) is 47.0 Å². The van der Waals surface area contributed by atoms with Crippen molar-refractivity contribution in [3.8, 4) is 11.3 Å². The standard InChI is InChI=1S/C30H27N5O4/c1-17-6-5-13-31-26(17)20-9-11-21(12-10-20)34-25(36)15-19-14-23(30(37)38)35(16-19)29-28-27(32-18(2)33-29)22-7-3-4-8-24(22)39-28/h3-13,19,23H,14-16H2,1-2H3,(H,34,36)(H,37,38)/t19-,23+/m1/s1. The third kappa shape index (κ3) is 4.67. The molecule has 1 fully saturated rings. The molecule has 1 aliphatic heterocycles. The summed E-state index contributed by atoms with van der Waals surface area (Å²) in [4.78, 5) is 40.5. The number of carbonyl (C=O) groups excluding carboxylic acids is 1. The minimum Gasteiger partial charge on any atom is -0.480 e. The zero-order valence-electron chi connectivity index (χ0n) is 21.6. The molecule has 2 atom stereocenters. The van der Waals surface area contributed by atoms with Crippen LogP contribution >= 0.6 is 0 Å². The maximum absolute atomic E-state index is 12.9. The Morgan fingerprint density at radius 2 is 1.85 bits per heavy atom. The number of aryl methyl sites for hydroxylation is 2. The second kappa shape index (κ2) is 9.83. The number of nitrogens with zero attached hydrogens (tertiary/aromatic N) is 4. The number of aliphatic carboxylic acids is 1. The van der Waals surface area contributed by atoms with E-state index in [1.807, 2.05) is 67.6 Å². The highest BCUT2D eigenvalue weighted by molar-refractivity contribution is 6.06. The van der Waals surface area contributed by atoms with Crippen molar-refractivity contribution in [2.45, 2.75) is 32.7 Å². The summed E-state index contributed by atoms with van der Waals surface area (Å²) in [5.74, 6) is -0.321. The van der Waals surface area contributed by atoms with Crippen LogP contribution in [-0.4, -0.2) is 44.5 Å². The van der Waals surface area contributed by atoms with E-state index in [-0.39, 0.29) is 18.2 Å². The number of carboxylic acid groups (broad SMARTS) is 1. The number of anilines is 2. The van der Waals surface area contributed by atoms with Gasteiger partial charge >= 0.3 is 5.97 Å². The molecule has 1 saturated heterocycles. The summed E-state index contributed by atoms with van der Waals surface area (Å²) in [6, 6.07) is 18.2. The maximum Gasteiger partial charge on any atom is 0.326 e. The average Bonchev–Trinajstić information content (AvgIpc) is 3.51. The number of para-hydroxylation sites is 1. The summed E-state index contributed by atoms with van der Waals surface area (Å²) in [6.45, 7) is 4.15. The highest BCUT2D eigenvalue weighted by Crippen LogP contribution is 2.37. The van der Waals surface area contributed by atoms with Crippen LogP contribution in [0.25, 0.3) is 33.3 Å². The lowest BCUT2D eigenvalue weighted by atomic mass is 10.0. The number of rotatable bonds is 6. The first-order valence-electron chi connectivity index (χ1n) is 12.8. The number of benzene rings is 2. The Morgan fingerprint density at radius 3 is 2.62 bits per heavy atom. The molecule has 2 N–H and O–H groups in total. The number of fused-ring (bicyclic) bond motifs is 3. The molecule has 1 amide bonds. The molecular formula is C30H27N5O4. The molecule has 0 radical (unpaired) electrons. The lowest BCUT2D eigenvalue weighted by Crippen LogP contribution is -2.36. The van der Waals surface area contributed by atoms with Gasteiger partial charge in [0.05, 0.1) is 5.69 Å². The Labute approximate surface area is 224 Å². The fraction of sp³-hybridized carbons (Fsp3) is 0.233. The molecule has 5 aromatic rings. The van der Waals surface area contributed by atoms with E-state index in [0.717, 1.165) is 22.2 Å². The first kappa shape index (κ1) is 24.5. The van der Waals surface area contributed by atoms with Crippen LogP contribution in [0.3, 0.4) is 0 Å². The zero-order valence-corrected chi connectivity index (χ0v) is 21.6. The minimum atomic E-state index is -0.959. The van der Waals surface area contributed by atoms with Gasteiger partial charge in [0.2, 0.25) is 5.91 Å². The van der Waals surface area contributed by atoms with Crippen LogP contribution in [0.5, 0.6) is 0 Å². The van der Waals surface area contributed by atoms with E-state index in [2.05, 4.69) is 20.3 Å². The number of hydrogen-bond donors (Lipinski definition) is 2. The topological polar surface area (TPSA) is 121 Å². The first-order chi connectivity index (χ1) is 18.9. The second-order valence-corrected chi connectivity index (χ2v) is 9.98. The number of carbonyl (C=O) groups is 2. The van der Waals surface area contributed by atoms with Gasteiger partial charge < -0.3 is 19.7 Å². The third-order valence-electron chi connectivity index (χ3n) is 7.18. The molecule has 0 spiro atoms. The van der Waals surface area contributed by atoms with Gasteiger partial charge in [0.1, 0.15) is 23.0 Å². The van der Waals surface area contributed by atoms with E-state index in [4.69, 9.17) is 4.42 Å². The Hall–Kier alpha value is -4.79. The van der Waals surface area contributed by atoms with Crippen LogP contribution in [0.2, 0.25) is 0 Å². The molecule has 0 saturated carbocycles. The van der Waals surface area contributed by atoms with Crippen molar-refractivity contribution in [2.75, 3.05) is 16.8 Å². The Kier molecular flexibility index (Phi) is 6.18. The van der Waals surface area contributed by atoms with Crippen LogP contribution in [-0.2, 0) is 9.59 Å². The van der Waals surface area contributed by atoms with Gasteiger partial charge in [0.25, 0.3) is 0 Å². The van der Waals surface area contributed by atoms with E-state index >= 15 is 0 Å². The van der Waals surface area contributed by atoms with E-state index in [1.165, 1.54) is 0 Å². The maximum atomic E-state index is 12.9. The van der Waals surface area contributed by atoms with Crippen LogP contribution in [0.1, 0.15) is 24.2 Å². The highest BCUT2D eigenvalue weighted by Gasteiger charge is 2.40. The molecule has 9 heteroatoms. The van der Waals surface area contributed by atoms with Crippen molar-refractivity contribution in [2.24, 2.45) is 5.92 Å². The number of amides is 1. The fourth-order valence-corrected chi connectivity index (χ4v) is 5.39. The summed E-state index contributed by atoms with van der Waals surface area (Å²) in [5.41, 5.74) is 5.41. The average molecular weight is 522 g/mol. The van der Waals surface area contributed by atoms with Gasteiger partial charge in [-0.25, -0.2) is 14.8 Å². The van der Waals surface area contributed by atoms with Crippen molar-refractivity contribution in [3.63, 3.8) is 0 Å². The molecule has 0 aliphatic carbocycles. The minimum absolute atomic E-state index is 0.166. The number of pyridine rings is 1. The number of furan rings is 1. The largest absolute Gasteiger partial charge is 0.480 e. The van der Waals surface area contributed by atoms with Gasteiger partial charge in [-0.2, -0.15) is 0 Å². The van der Waals surface area contributed by atoms with Gasteiger partial charge in [0, 0.05) is 35.8 Å². The molecule has 3 aromatic heterocycles. The van der Waals surface area contributed by atoms with E-state index < -0.39 is 12.0 Å². The lowest BCUT2D eigenvalue weighted by molar-refractivity contribution is -0.138. The molecule has 9 nitrogen and oxygen atoms in total. The van der Waals surface area contributed by atoms with E-state index in [1.54, 1.807) is 18.0 Å². The van der Waals surface area contributed by atoms with Crippen molar-refractivity contribution in [1.29, 1.82) is 0 Å². The van der Waals surface area contributed by atoms with Crippen LogP contribution in [0, 0.1) is 19.8 Å². The van der Waals surface area contributed by atoms with Gasteiger partial charge in [-0.3, -0.25) is 9.78 Å². The normalized spacial score (nSPS) is 17.1. The molecule has 1 aliphatic rings. The molecule has 4 heterocycles. The third-order valence-corrected chi connectivity index (χ3v) is 7.18. The summed E-state index contributed by atoms with van der Waals surface area (Å²) < 4.78 is 6.08. The van der Waals surface area contributed by atoms with Crippen LogP contribution in [0.15, 0.2) is 71.3 Å². The molecule has 196 valence electrons. The number of hydrogen-bond acceptors (Lipinski definition) is 7. The van der Waals surface area contributed by atoms with Crippen molar-refractivity contribution >= 4 is 45.5 Å². The number of aromatic nitrogens is 3.